The van der Waals surface area contributed by atoms with Gasteiger partial charge in [0.1, 0.15) is 0 Å². The molecule has 0 saturated heterocycles. The van der Waals surface area contributed by atoms with Gasteiger partial charge in [-0.3, -0.25) is 0 Å². The van der Waals surface area contributed by atoms with Crippen molar-refractivity contribution in [3.8, 4) is 67.4 Å². The van der Waals surface area contributed by atoms with Crippen LogP contribution in [0.15, 0.2) is 255 Å². The van der Waals surface area contributed by atoms with E-state index in [-0.39, 0.29) is 16.2 Å². The van der Waals surface area contributed by atoms with E-state index >= 15 is 0 Å². The zero-order valence-corrected chi connectivity index (χ0v) is 52.0. The Morgan fingerprint density at radius 3 is 1.46 bits per heavy atom. The number of rotatable bonds is 8. The molecule has 1 aliphatic rings. The number of aromatic nitrogens is 3. The predicted molar refractivity (Wildman–Crippen MR) is 351 cm³/mol. The summed E-state index contributed by atoms with van der Waals surface area (Å²) in [6, 6.07) is 90.2. The summed E-state index contributed by atoms with van der Waals surface area (Å²) in [5.41, 5.74) is 21.7. The molecule has 422 valence electrons. The maximum atomic E-state index is 7.24. The summed E-state index contributed by atoms with van der Waals surface area (Å²) >= 11 is 2.52. The van der Waals surface area contributed by atoms with Crippen molar-refractivity contribution in [3.05, 3.63) is 275 Å². The molecule has 3 heterocycles. The minimum absolute atomic E-state index is 0.00914. The number of nitrogens with zero attached hydrogens (tertiary/aromatic N) is 5. The second kappa shape index (κ2) is 21.8. The molecular weight excluding hydrogens is 1220 g/mol. The fourth-order valence-electron chi connectivity index (χ4n) is 12.0. The maximum absolute atomic E-state index is 7.24. The third-order valence-electron chi connectivity index (χ3n) is 16.5. The standard InChI is InChI=1S/C78H69N5O.Pt/c1-76(2,3)55-38-41-58(42-39-55)82-68-34-18-16-30-64(68)66-44-43-61(51-73(66)83(74-49-57(46-47-79-74)78(7,8)9)70-45-40-56(77(4,5)6)48-67(70)65-31-17-19-35-69(65)82)84-60-29-22-28-59(50-60)80-52-81(72-37-21-20-36-71(72)80)75-62(53-24-12-10-13-25-53)32-23-33-63(75)54-26-14-11-15-27-54;/h10-51H,1-9H3;. The molecule has 85 heavy (non-hydrogen) atoms. The monoisotopic (exact) mass is 1290 g/mol. The minimum Gasteiger partial charge on any atom is -0.0615 e. The van der Waals surface area contributed by atoms with Gasteiger partial charge in [-0.15, -0.1) is 0 Å². The Bertz CT molecular complexity index is 4480. The van der Waals surface area contributed by atoms with Gasteiger partial charge in [0.2, 0.25) is 0 Å². The van der Waals surface area contributed by atoms with Gasteiger partial charge in [0.05, 0.1) is 5.69 Å². The fourth-order valence-corrected chi connectivity index (χ4v) is 13.1. The zero-order valence-electron chi connectivity index (χ0n) is 49.7. The van der Waals surface area contributed by atoms with Crippen LogP contribution < -0.4 is 14.5 Å². The molecule has 6 nitrogen and oxygen atoms in total. The number of pyridine rings is 1. The first-order valence-electron chi connectivity index (χ1n) is 29.3. The third kappa shape index (κ3) is 10.4. The predicted octanol–water partition coefficient (Wildman–Crippen LogP) is 21.5. The van der Waals surface area contributed by atoms with E-state index in [0.717, 1.165) is 105 Å². The summed E-state index contributed by atoms with van der Waals surface area (Å²) in [4.78, 5) is 10.1. The molecule has 0 saturated carbocycles. The molecule has 0 aliphatic carbocycles. The van der Waals surface area contributed by atoms with Gasteiger partial charge in [-0.25, -0.2) is 0 Å². The summed E-state index contributed by atoms with van der Waals surface area (Å²) in [7, 11) is 0. The second-order valence-corrected chi connectivity index (χ2v) is 26.3. The number of hydrogen-bond donors (Lipinski definition) is 0. The summed E-state index contributed by atoms with van der Waals surface area (Å²) < 4.78 is 13.0. The molecule has 7 heteroatoms. The second-order valence-electron chi connectivity index (χ2n) is 25.2. The average molecular weight is 1290 g/mol. The molecule has 0 atom stereocenters. The van der Waals surface area contributed by atoms with Crippen molar-refractivity contribution < 1.29 is 24.1 Å². The molecule has 0 N–H and O–H groups in total. The van der Waals surface area contributed by atoms with Gasteiger partial charge >= 0.3 is 306 Å². The summed E-state index contributed by atoms with van der Waals surface area (Å²) in [6.07, 6.45) is 1.97. The van der Waals surface area contributed by atoms with E-state index in [1.165, 1.54) is 16.7 Å². The Morgan fingerprint density at radius 1 is 0.341 bits per heavy atom. The van der Waals surface area contributed by atoms with Crippen LogP contribution in [0.1, 0.15) is 79.0 Å². The molecule has 2 aromatic heterocycles. The van der Waals surface area contributed by atoms with E-state index in [0.29, 0.717) is 11.5 Å². The van der Waals surface area contributed by atoms with E-state index in [9.17, 15) is 0 Å². The molecule has 0 amide bonds. The molecule has 0 bridgehead atoms. The van der Waals surface area contributed by atoms with Gasteiger partial charge in [0, 0.05) is 17.4 Å². The molecule has 0 radical (unpaired) electrons. The Balaban J connectivity index is 1.02. The molecule has 10 aromatic carbocycles. The minimum atomic E-state index is -0.146. The van der Waals surface area contributed by atoms with E-state index in [1.54, 1.807) is 0 Å². The number of benzene rings is 10. The summed E-state index contributed by atoms with van der Waals surface area (Å²) in [6.45, 7) is 20.5. The fraction of sp³-hybridized carbons (Fsp3) is 0.154. The first kappa shape index (κ1) is 55.1. The number of imidazole rings is 1. The third-order valence-corrected chi connectivity index (χ3v) is 17.5. The van der Waals surface area contributed by atoms with Gasteiger partial charge in [-0.05, 0) is 69.3 Å². The van der Waals surface area contributed by atoms with Crippen molar-refractivity contribution >= 4 is 45.3 Å². The number of anilines is 6. The Morgan fingerprint density at radius 2 is 0.835 bits per heavy atom. The SMILES string of the molecule is CC(C)(C)c1ccc(N2c3ccccc3-c3cc(C(C)(C)C)ccc3N(c3cc(C(C)(C)C)ccn3)c3cc(Oc4cccc(-n5[c](=[Pt])n(-c6c(-c7ccccc7)cccc6-c6ccccc6)c6ccccc65)c4)ccc3-c3ccccc32)cc1. The van der Waals surface area contributed by atoms with Gasteiger partial charge in [0.15, 0.2) is 0 Å². The van der Waals surface area contributed by atoms with Crippen molar-refractivity contribution in [2.45, 2.75) is 78.6 Å². The van der Waals surface area contributed by atoms with Crippen molar-refractivity contribution in [2.75, 3.05) is 9.80 Å². The van der Waals surface area contributed by atoms with E-state index in [2.05, 4.69) is 349 Å². The molecule has 12 aromatic rings. The first-order chi connectivity index (χ1) is 41.0. The normalized spacial score (nSPS) is 12.6. The van der Waals surface area contributed by atoms with E-state index in [1.807, 2.05) is 6.20 Å². The molecular formula is C78H69N5OPt. The van der Waals surface area contributed by atoms with Crippen LogP contribution in [0.5, 0.6) is 11.5 Å². The van der Waals surface area contributed by atoms with Crippen molar-refractivity contribution in [3.63, 3.8) is 0 Å². The first-order valence-corrected chi connectivity index (χ1v) is 30.5. The van der Waals surface area contributed by atoms with Crippen LogP contribution in [0, 0.1) is 3.80 Å². The van der Waals surface area contributed by atoms with Gasteiger partial charge in [0.25, 0.3) is 0 Å². The Labute approximate surface area is 511 Å². The van der Waals surface area contributed by atoms with Crippen LogP contribution >= 0.6 is 0 Å². The molecule has 0 unspecified atom stereocenters. The van der Waals surface area contributed by atoms with Crippen molar-refractivity contribution in [1.82, 2.24) is 14.1 Å². The van der Waals surface area contributed by atoms with Crippen LogP contribution in [-0.4, -0.2) is 14.1 Å². The Hall–Kier alpha value is -9.09. The van der Waals surface area contributed by atoms with E-state index < -0.39 is 0 Å². The number of hydrogen-bond acceptors (Lipinski definition) is 4. The van der Waals surface area contributed by atoms with Crippen LogP contribution in [0.3, 0.4) is 0 Å². The summed E-state index contributed by atoms with van der Waals surface area (Å²) in [5, 5.41) is 0. The molecule has 13 rings (SSSR count). The quantitative estimate of drug-likeness (QED) is 0.152. The number of ether oxygens (including phenoxy) is 1. The van der Waals surface area contributed by atoms with Gasteiger partial charge < -0.3 is 4.90 Å². The Kier molecular flexibility index (Phi) is 14.2. The van der Waals surface area contributed by atoms with Crippen LogP contribution in [0.25, 0.3) is 66.9 Å². The zero-order chi connectivity index (χ0) is 58.8. The van der Waals surface area contributed by atoms with Gasteiger partial charge in [-0.2, -0.15) is 0 Å². The smallest absolute Gasteiger partial charge is 0.0615 e. The summed E-state index contributed by atoms with van der Waals surface area (Å²) in [5.74, 6) is 2.22. The van der Waals surface area contributed by atoms with Gasteiger partial charge in [-0.1, -0.05) is 111 Å². The topological polar surface area (TPSA) is 38.5 Å². The molecule has 0 fully saturated rings. The number of fused-ring (bicyclic) bond motifs is 7. The van der Waals surface area contributed by atoms with Crippen LogP contribution in [0.2, 0.25) is 0 Å². The van der Waals surface area contributed by atoms with Crippen LogP contribution in [0.4, 0.5) is 34.3 Å². The number of para-hydroxylation sites is 5. The molecule has 1 aliphatic heterocycles. The van der Waals surface area contributed by atoms with Crippen LogP contribution in [-0.2, 0) is 35.6 Å². The van der Waals surface area contributed by atoms with Crippen molar-refractivity contribution in [1.29, 1.82) is 0 Å². The van der Waals surface area contributed by atoms with Crippen molar-refractivity contribution in [2.24, 2.45) is 0 Å². The average Bonchev–Trinajstić information content (AvgIpc) is 2.26. The molecule has 0 spiro atoms. The van der Waals surface area contributed by atoms with E-state index in [4.69, 9.17) is 9.72 Å².